The maximum Gasteiger partial charge on any atom is 0.180 e. The van der Waals surface area contributed by atoms with Gasteiger partial charge in [-0.3, -0.25) is 0 Å². The highest BCUT2D eigenvalue weighted by Crippen LogP contribution is 2.18. The third-order valence-electron chi connectivity index (χ3n) is 1.32. The number of nitrogens with two attached hydrogens (primary N) is 1. The van der Waals surface area contributed by atoms with E-state index < -0.39 is 0 Å². The Labute approximate surface area is 73.1 Å². The van der Waals surface area contributed by atoms with Crippen LogP contribution >= 0.6 is 11.3 Å². The summed E-state index contributed by atoms with van der Waals surface area (Å²) in [5.74, 6) is 0.616. The standard InChI is InChI=1S/C7H6N4S/c8-7-11-5(4-12-7)6-9-2-1-3-10-6/h1-4H,(H2,8,11). The summed E-state index contributed by atoms with van der Waals surface area (Å²) in [5.41, 5.74) is 6.20. The number of hydrogen-bond donors (Lipinski definition) is 1. The van der Waals surface area contributed by atoms with Crippen molar-refractivity contribution in [1.82, 2.24) is 15.0 Å². The van der Waals surface area contributed by atoms with Crippen molar-refractivity contribution in [2.75, 3.05) is 5.73 Å². The minimum absolute atomic E-state index is 0.539. The van der Waals surface area contributed by atoms with Gasteiger partial charge in [0, 0.05) is 17.8 Å². The largest absolute Gasteiger partial charge is 0.375 e. The van der Waals surface area contributed by atoms with E-state index in [-0.39, 0.29) is 0 Å². The summed E-state index contributed by atoms with van der Waals surface area (Å²) >= 11 is 1.39. The number of aromatic nitrogens is 3. The number of anilines is 1. The first kappa shape index (κ1) is 7.17. The SMILES string of the molecule is Nc1nc(-c2ncccn2)cs1. The van der Waals surface area contributed by atoms with Gasteiger partial charge in [-0.05, 0) is 6.07 Å². The van der Waals surface area contributed by atoms with Crippen molar-refractivity contribution in [1.29, 1.82) is 0 Å². The minimum atomic E-state index is 0.539. The molecule has 2 heterocycles. The maximum atomic E-state index is 5.47. The van der Waals surface area contributed by atoms with Gasteiger partial charge in [-0.15, -0.1) is 11.3 Å². The zero-order chi connectivity index (χ0) is 8.39. The molecule has 0 unspecified atom stereocenters. The molecule has 0 aliphatic carbocycles. The molecule has 12 heavy (non-hydrogen) atoms. The van der Waals surface area contributed by atoms with Crippen LogP contribution in [0.2, 0.25) is 0 Å². The van der Waals surface area contributed by atoms with Crippen LogP contribution in [-0.2, 0) is 0 Å². The van der Waals surface area contributed by atoms with E-state index in [1.54, 1.807) is 18.5 Å². The lowest BCUT2D eigenvalue weighted by Gasteiger charge is -1.90. The van der Waals surface area contributed by atoms with E-state index in [9.17, 15) is 0 Å². The smallest absolute Gasteiger partial charge is 0.180 e. The second kappa shape index (κ2) is 2.86. The van der Waals surface area contributed by atoms with Crippen molar-refractivity contribution in [2.24, 2.45) is 0 Å². The first-order valence-electron chi connectivity index (χ1n) is 3.34. The molecule has 0 saturated heterocycles. The molecule has 2 rings (SSSR count). The van der Waals surface area contributed by atoms with E-state index in [0.29, 0.717) is 11.0 Å². The first-order valence-corrected chi connectivity index (χ1v) is 4.22. The topological polar surface area (TPSA) is 64.7 Å². The Morgan fingerprint density at radius 1 is 1.25 bits per heavy atom. The van der Waals surface area contributed by atoms with Crippen molar-refractivity contribution < 1.29 is 0 Å². The fourth-order valence-electron chi connectivity index (χ4n) is 0.822. The van der Waals surface area contributed by atoms with Crippen LogP contribution < -0.4 is 5.73 Å². The van der Waals surface area contributed by atoms with Gasteiger partial charge in [-0.2, -0.15) is 0 Å². The predicted octanol–water partition coefficient (Wildman–Crippen LogP) is 1.18. The van der Waals surface area contributed by atoms with Crippen LogP contribution in [0.15, 0.2) is 23.8 Å². The van der Waals surface area contributed by atoms with Crippen molar-refractivity contribution in [3.63, 3.8) is 0 Å². The average molecular weight is 178 g/mol. The molecule has 0 saturated carbocycles. The molecule has 2 N–H and O–H groups in total. The van der Waals surface area contributed by atoms with Crippen LogP contribution in [0.5, 0.6) is 0 Å². The molecule has 0 spiro atoms. The second-order valence-corrected chi connectivity index (χ2v) is 3.03. The van der Waals surface area contributed by atoms with Gasteiger partial charge in [0.25, 0.3) is 0 Å². The Hall–Kier alpha value is -1.49. The van der Waals surface area contributed by atoms with Gasteiger partial charge in [0.2, 0.25) is 0 Å². The van der Waals surface area contributed by atoms with Crippen LogP contribution in [0.4, 0.5) is 5.13 Å². The number of hydrogen-bond acceptors (Lipinski definition) is 5. The summed E-state index contributed by atoms with van der Waals surface area (Å²) in [5, 5.41) is 2.38. The Kier molecular flexibility index (Phi) is 1.71. The molecule has 4 nitrogen and oxygen atoms in total. The van der Waals surface area contributed by atoms with Crippen LogP contribution in [0.25, 0.3) is 11.5 Å². The van der Waals surface area contributed by atoms with Crippen molar-refractivity contribution >= 4 is 16.5 Å². The van der Waals surface area contributed by atoms with Crippen LogP contribution in [-0.4, -0.2) is 15.0 Å². The molecular weight excluding hydrogens is 172 g/mol. The van der Waals surface area contributed by atoms with Gasteiger partial charge in [0.05, 0.1) is 0 Å². The molecule has 2 aromatic heterocycles. The number of rotatable bonds is 1. The molecule has 5 heteroatoms. The Morgan fingerprint density at radius 2 is 2.00 bits per heavy atom. The van der Waals surface area contributed by atoms with E-state index in [0.717, 1.165) is 5.69 Å². The number of nitrogens with zero attached hydrogens (tertiary/aromatic N) is 3. The molecule has 0 fully saturated rings. The Morgan fingerprint density at radius 3 is 2.58 bits per heavy atom. The summed E-state index contributed by atoms with van der Waals surface area (Å²) in [6.07, 6.45) is 3.36. The average Bonchev–Trinajstić information content (AvgIpc) is 2.54. The summed E-state index contributed by atoms with van der Waals surface area (Å²) in [4.78, 5) is 12.1. The van der Waals surface area contributed by atoms with Crippen molar-refractivity contribution in [3.8, 4) is 11.5 Å². The summed E-state index contributed by atoms with van der Waals surface area (Å²) in [6.45, 7) is 0. The Bertz CT molecular complexity index is 370. The normalized spacial score (nSPS) is 10.0. The molecule has 0 aromatic carbocycles. The molecule has 0 aliphatic heterocycles. The van der Waals surface area contributed by atoms with Gasteiger partial charge >= 0.3 is 0 Å². The third kappa shape index (κ3) is 1.26. The highest BCUT2D eigenvalue weighted by Gasteiger charge is 2.02. The van der Waals surface area contributed by atoms with E-state index >= 15 is 0 Å². The molecule has 0 aliphatic rings. The lowest BCUT2D eigenvalue weighted by atomic mass is 10.4. The fourth-order valence-corrected chi connectivity index (χ4v) is 1.36. The van der Waals surface area contributed by atoms with Crippen molar-refractivity contribution in [3.05, 3.63) is 23.8 Å². The monoisotopic (exact) mass is 178 g/mol. The summed E-state index contributed by atoms with van der Waals surface area (Å²) in [6, 6.07) is 1.76. The highest BCUT2D eigenvalue weighted by atomic mass is 32.1. The number of nitrogen functional groups attached to an aromatic ring is 1. The molecule has 60 valence electrons. The van der Waals surface area contributed by atoms with Crippen LogP contribution in [0.3, 0.4) is 0 Å². The van der Waals surface area contributed by atoms with Gasteiger partial charge in [0.15, 0.2) is 11.0 Å². The quantitative estimate of drug-likeness (QED) is 0.712. The van der Waals surface area contributed by atoms with E-state index in [2.05, 4.69) is 15.0 Å². The molecular formula is C7H6N4S. The van der Waals surface area contributed by atoms with E-state index in [4.69, 9.17) is 5.73 Å². The minimum Gasteiger partial charge on any atom is -0.375 e. The van der Waals surface area contributed by atoms with Gasteiger partial charge in [-0.1, -0.05) is 0 Å². The summed E-state index contributed by atoms with van der Waals surface area (Å²) < 4.78 is 0. The van der Waals surface area contributed by atoms with E-state index in [1.807, 2.05) is 5.38 Å². The van der Waals surface area contributed by atoms with Gasteiger partial charge in [0.1, 0.15) is 5.69 Å². The number of thiazole rings is 1. The summed E-state index contributed by atoms with van der Waals surface area (Å²) in [7, 11) is 0. The molecule has 0 atom stereocenters. The fraction of sp³-hybridized carbons (Fsp3) is 0. The molecule has 2 aromatic rings. The second-order valence-electron chi connectivity index (χ2n) is 2.14. The molecule has 0 bridgehead atoms. The first-order chi connectivity index (χ1) is 5.86. The maximum absolute atomic E-state index is 5.47. The van der Waals surface area contributed by atoms with Crippen molar-refractivity contribution in [2.45, 2.75) is 0 Å². The lowest BCUT2D eigenvalue weighted by Crippen LogP contribution is -1.87. The van der Waals surface area contributed by atoms with Crippen LogP contribution in [0.1, 0.15) is 0 Å². The van der Waals surface area contributed by atoms with Crippen LogP contribution in [0, 0.1) is 0 Å². The third-order valence-corrected chi connectivity index (χ3v) is 1.99. The van der Waals surface area contributed by atoms with E-state index in [1.165, 1.54) is 11.3 Å². The highest BCUT2D eigenvalue weighted by molar-refractivity contribution is 7.13. The predicted molar refractivity (Wildman–Crippen MR) is 47.6 cm³/mol. The molecule has 0 amide bonds. The zero-order valence-corrected chi connectivity index (χ0v) is 6.95. The van der Waals surface area contributed by atoms with Gasteiger partial charge < -0.3 is 5.73 Å². The van der Waals surface area contributed by atoms with Gasteiger partial charge in [-0.25, -0.2) is 15.0 Å². The Balaban J connectivity index is 2.45. The molecule has 0 radical (unpaired) electrons. The lowest BCUT2D eigenvalue weighted by molar-refractivity contribution is 1.15. The zero-order valence-electron chi connectivity index (χ0n) is 6.14.